The Morgan fingerprint density at radius 3 is 2.68 bits per heavy atom. The summed E-state index contributed by atoms with van der Waals surface area (Å²) in [7, 11) is 0. The summed E-state index contributed by atoms with van der Waals surface area (Å²) in [6, 6.07) is 12.8. The molecule has 2 rings (SSSR count). The van der Waals surface area contributed by atoms with Gasteiger partial charge < -0.3 is 10.5 Å². The monoisotopic (exact) mass is 338 g/mol. The molecule has 0 atom stereocenters. The van der Waals surface area contributed by atoms with Crippen molar-refractivity contribution < 1.29 is 4.74 Å². The van der Waals surface area contributed by atoms with Crippen LogP contribution in [-0.4, -0.2) is 5.84 Å². The molecule has 98 valence electrons. The average molecular weight is 340 g/mol. The van der Waals surface area contributed by atoms with Gasteiger partial charge in [0, 0.05) is 15.1 Å². The van der Waals surface area contributed by atoms with Crippen molar-refractivity contribution in [3.63, 3.8) is 0 Å². The highest BCUT2D eigenvalue weighted by molar-refractivity contribution is 9.10. The van der Waals surface area contributed by atoms with Crippen LogP contribution in [-0.2, 0) is 6.61 Å². The van der Waals surface area contributed by atoms with Crippen molar-refractivity contribution in [2.24, 2.45) is 5.73 Å². The number of benzene rings is 2. The van der Waals surface area contributed by atoms with E-state index in [1.54, 1.807) is 12.1 Å². The highest BCUT2D eigenvalue weighted by atomic mass is 79.9. The molecule has 0 aliphatic heterocycles. The lowest BCUT2D eigenvalue weighted by Crippen LogP contribution is -2.13. The van der Waals surface area contributed by atoms with Gasteiger partial charge in [-0.1, -0.05) is 45.7 Å². The largest absolute Gasteiger partial charge is 0.488 e. The Balaban J connectivity index is 2.22. The summed E-state index contributed by atoms with van der Waals surface area (Å²) in [4.78, 5) is 0. The van der Waals surface area contributed by atoms with Crippen LogP contribution in [0.1, 0.15) is 11.1 Å². The van der Waals surface area contributed by atoms with Crippen molar-refractivity contribution in [2.75, 3.05) is 0 Å². The third kappa shape index (κ3) is 3.49. The Morgan fingerprint density at radius 1 is 1.26 bits per heavy atom. The van der Waals surface area contributed by atoms with E-state index in [0.717, 1.165) is 10.0 Å². The van der Waals surface area contributed by atoms with E-state index in [-0.39, 0.29) is 5.84 Å². The van der Waals surface area contributed by atoms with E-state index >= 15 is 0 Å². The van der Waals surface area contributed by atoms with Gasteiger partial charge in [0.15, 0.2) is 0 Å². The van der Waals surface area contributed by atoms with Gasteiger partial charge in [0.2, 0.25) is 0 Å². The zero-order chi connectivity index (χ0) is 13.8. The summed E-state index contributed by atoms with van der Waals surface area (Å²) in [5.41, 5.74) is 6.98. The van der Waals surface area contributed by atoms with Crippen LogP contribution in [0.3, 0.4) is 0 Å². The molecule has 19 heavy (non-hydrogen) atoms. The molecule has 0 unspecified atom stereocenters. The van der Waals surface area contributed by atoms with E-state index in [2.05, 4.69) is 15.9 Å². The van der Waals surface area contributed by atoms with Crippen molar-refractivity contribution in [3.05, 3.63) is 63.1 Å². The quantitative estimate of drug-likeness (QED) is 0.654. The summed E-state index contributed by atoms with van der Waals surface area (Å²) >= 11 is 9.44. The van der Waals surface area contributed by atoms with Crippen LogP contribution in [0.25, 0.3) is 0 Å². The maximum Gasteiger partial charge on any atom is 0.131 e. The Morgan fingerprint density at radius 2 is 2.00 bits per heavy atom. The number of nitrogens with two attached hydrogens (primary N) is 1. The molecule has 0 heterocycles. The molecule has 0 aliphatic rings. The SMILES string of the molecule is N=C(N)c1ccc(Br)cc1OCc1ccccc1Cl. The first-order valence-electron chi connectivity index (χ1n) is 5.58. The summed E-state index contributed by atoms with van der Waals surface area (Å²) in [6.07, 6.45) is 0. The normalized spacial score (nSPS) is 10.2. The van der Waals surface area contributed by atoms with Crippen molar-refractivity contribution in [1.29, 1.82) is 5.41 Å². The summed E-state index contributed by atoms with van der Waals surface area (Å²) < 4.78 is 6.58. The van der Waals surface area contributed by atoms with Gasteiger partial charge in [-0.3, -0.25) is 5.41 Å². The molecule has 0 radical (unpaired) electrons. The van der Waals surface area contributed by atoms with E-state index < -0.39 is 0 Å². The molecule has 0 amide bonds. The minimum atomic E-state index is -0.0262. The van der Waals surface area contributed by atoms with Crippen molar-refractivity contribution >= 4 is 33.4 Å². The van der Waals surface area contributed by atoms with Gasteiger partial charge in [0.05, 0.1) is 5.56 Å². The fourth-order valence-electron chi connectivity index (χ4n) is 1.61. The van der Waals surface area contributed by atoms with E-state index in [9.17, 15) is 0 Å². The fraction of sp³-hybridized carbons (Fsp3) is 0.0714. The number of amidine groups is 1. The number of rotatable bonds is 4. The maximum atomic E-state index is 7.53. The number of hydrogen-bond donors (Lipinski definition) is 2. The Bertz CT molecular complexity index is 616. The van der Waals surface area contributed by atoms with Gasteiger partial charge in [0.25, 0.3) is 0 Å². The highest BCUT2D eigenvalue weighted by Crippen LogP contribution is 2.25. The number of nitrogen functional groups attached to an aromatic ring is 1. The van der Waals surface area contributed by atoms with E-state index in [4.69, 9.17) is 27.5 Å². The van der Waals surface area contributed by atoms with Crippen LogP contribution in [0.2, 0.25) is 5.02 Å². The molecule has 0 aromatic heterocycles. The molecule has 0 spiro atoms. The Hall–Kier alpha value is -1.52. The van der Waals surface area contributed by atoms with Crippen LogP contribution >= 0.6 is 27.5 Å². The van der Waals surface area contributed by atoms with Gasteiger partial charge in [-0.05, 0) is 24.3 Å². The molecule has 0 fully saturated rings. The number of ether oxygens (including phenoxy) is 1. The fourth-order valence-corrected chi connectivity index (χ4v) is 2.14. The number of halogens is 2. The molecule has 5 heteroatoms. The minimum absolute atomic E-state index is 0.0262. The second-order valence-electron chi connectivity index (χ2n) is 3.93. The second kappa shape index (κ2) is 6.08. The van der Waals surface area contributed by atoms with Crippen molar-refractivity contribution in [3.8, 4) is 5.75 Å². The minimum Gasteiger partial charge on any atom is -0.488 e. The summed E-state index contributed by atoms with van der Waals surface area (Å²) in [5, 5.41) is 8.18. The molecule has 2 aromatic carbocycles. The molecule has 0 aliphatic carbocycles. The zero-order valence-electron chi connectivity index (χ0n) is 9.99. The molecule has 0 bridgehead atoms. The molecule has 3 N–H and O–H groups in total. The van der Waals surface area contributed by atoms with E-state index in [1.165, 1.54) is 0 Å². The molecule has 3 nitrogen and oxygen atoms in total. The van der Waals surface area contributed by atoms with Gasteiger partial charge in [-0.2, -0.15) is 0 Å². The topological polar surface area (TPSA) is 59.1 Å². The third-order valence-electron chi connectivity index (χ3n) is 2.57. The number of hydrogen-bond acceptors (Lipinski definition) is 2. The van der Waals surface area contributed by atoms with Crippen LogP contribution in [0.5, 0.6) is 5.75 Å². The first-order chi connectivity index (χ1) is 9.08. The van der Waals surface area contributed by atoms with Gasteiger partial charge in [-0.25, -0.2) is 0 Å². The third-order valence-corrected chi connectivity index (χ3v) is 3.44. The second-order valence-corrected chi connectivity index (χ2v) is 5.26. The smallest absolute Gasteiger partial charge is 0.131 e. The Labute approximate surface area is 125 Å². The predicted molar refractivity (Wildman–Crippen MR) is 80.9 cm³/mol. The van der Waals surface area contributed by atoms with Crippen LogP contribution in [0.4, 0.5) is 0 Å². The molecular formula is C14H12BrClN2O. The molecule has 0 saturated carbocycles. The number of nitrogens with one attached hydrogen (secondary N) is 1. The molecular weight excluding hydrogens is 328 g/mol. The van der Waals surface area contributed by atoms with Crippen molar-refractivity contribution in [1.82, 2.24) is 0 Å². The predicted octanol–water partition coefficient (Wildman–Crippen LogP) is 3.97. The van der Waals surface area contributed by atoms with Crippen LogP contribution < -0.4 is 10.5 Å². The van der Waals surface area contributed by atoms with Crippen molar-refractivity contribution in [2.45, 2.75) is 6.61 Å². The Kier molecular flexibility index (Phi) is 4.45. The lowest BCUT2D eigenvalue weighted by molar-refractivity contribution is 0.305. The first-order valence-corrected chi connectivity index (χ1v) is 6.75. The van der Waals surface area contributed by atoms with Gasteiger partial charge >= 0.3 is 0 Å². The van der Waals surface area contributed by atoms with Crippen LogP contribution in [0.15, 0.2) is 46.9 Å². The van der Waals surface area contributed by atoms with Gasteiger partial charge in [-0.15, -0.1) is 0 Å². The standard InChI is InChI=1S/C14H12BrClN2O/c15-10-5-6-11(14(17)18)13(7-10)19-8-9-3-1-2-4-12(9)16/h1-7H,8H2,(H3,17,18). The zero-order valence-corrected chi connectivity index (χ0v) is 12.3. The average Bonchev–Trinajstić information content (AvgIpc) is 2.37. The van der Waals surface area contributed by atoms with Crippen LogP contribution in [0, 0.1) is 5.41 Å². The summed E-state index contributed by atoms with van der Waals surface area (Å²) in [6.45, 7) is 0.330. The lowest BCUT2D eigenvalue weighted by Gasteiger charge is -2.12. The van der Waals surface area contributed by atoms with E-state index in [0.29, 0.717) is 22.9 Å². The highest BCUT2D eigenvalue weighted by Gasteiger charge is 2.08. The summed E-state index contributed by atoms with van der Waals surface area (Å²) in [5.74, 6) is 0.531. The van der Waals surface area contributed by atoms with Gasteiger partial charge in [0.1, 0.15) is 18.2 Å². The molecule has 0 saturated heterocycles. The maximum absolute atomic E-state index is 7.53. The molecule has 2 aromatic rings. The van der Waals surface area contributed by atoms with E-state index in [1.807, 2.05) is 30.3 Å². The first kappa shape index (κ1) is 13.9. The lowest BCUT2D eigenvalue weighted by atomic mass is 10.2.